The van der Waals surface area contributed by atoms with Crippen molar-refractivity contribution in [2.75, 3.05) is 18.0 Å². The molecule has 3 rings (SSSR count). The van der Waals surface area contributed by atoms with Gasteiger partial charge >= 0.3 is 6.03 Å². The van der Waals surface area contributed by atoms with E-state index < -0.39 is 33.0 Å². The zero-order chi connectivity index (χ0) is 24.1. The molecule has 2 fully saturated rings. The van der Waals surface area contributed by atoms with Crippen LogP contribution in [0.5, 0.6) is 0 Å². The lowest BCUT2D eigenvalue weighted by Crippen LogP contribution is -2.58. The van der Waals surface area contributed by atoms with Gasteiger partial charge in [-0.1, -0.05) is 0 Å². The fourth-order valence-corrected chi connectivity index (χ4v) is 5.24. The average Bonchev–Trinajstić information content (AvgIpc) is 2.87. The van der Waals surface area contributed by atoms with E-state index in [1.54, 1.807) is 26.0 Å². The maximum Gasteiger partial charge on any atom is 0.329 e. The number of nitrogens with two attached hydrogens (primary N) is 2. The largest absolute Gasteiger partial charge is 0.368 e. The zero-order valence-corrected chi connectivity index (χ0v) is 19.5. The first-order valence-electron chi connectivity index (χ1n) is 10.2. The molecule has 5 N–H and O–H groups in total. The Morgan fingerprint density at radius 3 is 2.09 bits per heavy atom. The molecule has 0 aromatic heterocycles. The van der Waals surface area contributed by atoms with Crippen molar-refractivity contribution < 1.29 is 22.8 Å². The van der Waals surface area contributed by atoms with Crippen LogP contribution in [0.15, 0.2) is 17.5 Å². The van der Waals surface area contributed by atoms with E-state index in [1.165, 1.54) is 15.3 Å². The van der Waals surface area contributed by atoms with Crippen LogP contribution in [0.3, 0.4) is 0 Å². The van der Waals surface area contributed by atoms with Gasteiger partial charge in [-0.05, 0) is 75.4 Å². The molecular formula is C21H29N5O5S. The summed E-state index contributed by atoms with van der Waals surface area (Å²) in [6, 6.07) is 2.99. The number of anilines is 1. The van der Waals surface area contributed by atoms with Gasteiger partial charge in [-0.3, -0.25) is 19.8 Å². The number of amides is 4. The first kappa shape index (κ1) is 23.9. The predicted octanol–water partition coefficient (Wildman–Crippen LogP) is 0.717. The summed E-state index contributed by atoms with van der Waals surface area (Å²) in [6.45, 7) is 7.15. The second-order valence-electron chi connectivity index (χ2n) is 8.91. The van der Waals surface area contributed by atoms with Crippen LogP contribution in [-0.2, 0) is 19.6 Å². The van der Waals surface area contributed by atoms with E-state index >= 15 is 0 Å². The maximum atomic E-state index is 12.8. The highest BCUT2D eigenvalue weighted by atomic mass is 32.2. The minimum atomic E-state index is -3.73. The van der Waals surface area contributed by atoms with Gasteiger partial charge < -0.3 is 11.5 Å². The molecule has 0 atom stereocenters. The summed E-state index contributed by atoms with van der Waals surface area (Å²) in [5.74, 6) is -1.01. The molecule has 0 aliphatic carbocycles. The monoisotopic (exact) mass is 463 g/mol. The van der Waals surface area contributed by atoms with E-state index in [9.17, 15) is 22.8 Å². The van der Waals surface area contributed by atoms with Crippen molar-refractivity contribution in [3.05, 3.63) is 34.2 Å². The van der Waals surface area contributed by atoms with Crippen LogP contribution in [0.4, 0.5) is 10.5 Å². The number of aryl methyl sites for hydroxylation is 2. The predicted molar refractivity (Wildman–Crippen MR) is 121 cm³/mol. The second kappa shape index (κ2) is 7.98. The minimum absolute atomic E-state index is 0.107. The van der Waals surface area contributed by atoms with E-state index in [2.05, 4.69) is 5.32 Å². The Kier molecular flexibility index (Phi) is 5.96. The van der Waals surface area contributed by atoms with Crippen molar-refractivity contribution in [1.29, 1.82) is 0 Å². The lowest BCUT2D eigenvalue weighted by molar-refractivity contribution is -0.124. The summed E-state index contributed by atoms with van der Waals surface area (Å²) in [4.78, 5) is 37.2. The lowest BCUT2D eigenvalue weighted by atomic mass is 9.89. The van der Waals surface area contributed by atoms with Crippen LogP contribution < -0.4 is 21.7 Å². The highest BCUT2D eigenvalue weighted by Crippen LogP contribution is 2.32. The van der Waals surface area contributed by atoms with Crippen LogP contribution in [0.2, 0.25) is 0 Å². The van der Waals surface area contributed by atoms with Gasteiger partial charge in [0.15, 0.2) is 0 Å². The molecule has 32 heavy (non-hydrogen) atoms. The molecule has 10 nitrogen and oxygen atoms in total. The van der Waals surface area contributed by atoms with Gasteiger partial charge in [0.25, 0.3) is 5.91 Å². The van der Waals surface area contributed by atoms with Gasteiger partial charge in [-0.15, -0.1) is 0 Å². The second-order valence-corrected chi connectivity index (χ2v) is 10.7. The van der Waals surface area contributed by atoms with Crippen molar-refractivity contribution in [2.24, 2.45) is 11.5 Å². The molecule has 0 unspecified atom stereocenters. The SMILES string of the molecule is Cc1cc(N2C(=O)NC(=O)C2(C)C)cc(C)c1/C=C/S(=O)(=O)N1CCC(N)(C(N)=O)CC1. The third-order valence-corrected chi connectivity index (χ3v) is 7.81. The van der Waals surface area contributed by atoms with Gasteiger partial charge in [0.05, 0.1) is 5.54 Å². The molecule has 2 aliphatic heterocycles. The smallest absolute Gasteiger partial charge is 0.329 e. The van der Waals surface area contributed by atoms with Crippen LogP contribution in [0, 0.1) is 13.8 Å². The van der Waals surface area contributed by atoms with E-state index in [-0.39, 0.29) is 31.8 Å². The molecule has 2 saturated heterocycles. The Morgan fingerprint density at radius 2 is 1.66 bits per heavy atom. The molecule has 2 heterocycles. The molecule has 2 aliphatic rings. The normalized spacial score (nSPS) is 21.2. The summed E-state index contributed by atoms with van der Waals surface area (Å²) in [5, 5.41) is 3.45. The number of nitrogens with zero attached hydrogens (tertiary/aromatic N) is 2. The molecule has 1 aromatic carbocycles. The Hall–Kier alpha value is -2.76. The first-order valence-corrected chi connectivity index (χ1v) is 11.7. The van der Waals surface area contributed by atoms with Crippen molar-refractivity contribution in [3.8, 4) is 0 Å². The van der Waals surface area contributed by atoms with Gasteiger partial charge in [0.1, 0.15) is 5.54 Å². The number of hydrogen-bond donors (Lipinski definition) is 3. The topological polar surface area (TPSA) is 156 Å². The Bertz CT molecular complexity index is 1090. The van der Waals surface area contributed by atoms with Crippen LogP contribution >= 0.6 is 0 Å². The van der Waals surface area contributed by atoms with Crippen molar-refractivity contribution in [3.63, 3.8) is 0 Å². The number of sulfonamides is 1. The van der Waals surface area contributed by atoms with Gasteiger partial charge in [0.2, 0.25) is 15.9 Å². The molecule has 174 valence electrons. The maximum absolute atomic E-state index is 12.8. The molecular weight excluding hydrogens is 434 g/mol. The van der Waals surface area contributed by atoms with Gasteiger partial charge in [-0.2, -0.15) is 4.31 Å². The third-order valence-electron chi connectivity index (χ3n) is 6.25. The molecule has 11 heteroatoms. The summed E-state index contributed by atoms with van der Waals surface area (Å²) in [5.41, 5.74) is 11.8. The summed E-state index contributed by atoms with van der Waals surface area (Å²) < 4.78 is 26.8. The molecule has 0 radical (unpaired) electrons. The molecule has 4 amide bonds. The number of carbonyl (C=O) groups is 3. The van der Waals surface area contributed by atoms with Crippen LogP contribution in [-0.4, -0.2) is 54.7 Å². The van der Waals surface area contributed by atoms with Crippen molar-refractivity contribution >= 4 is 39.6 Å². The number of urea groups is 1. The number of imide groups is 1. The average molecular weight is 464 g/mol. The number of rotatable bonds is 5. The van der Waals surface area contributed by atoms with Crippen molar-refractivity contribution in [2.45, 2.75) is 51.6 Å². The third kappa shape index (κ3) is 4.15. The Labute approximate surface area is 187 Å². The molecule has 1 aromatic rings. The Morgan fingerprint density at radius 1 is 1.12 bits per heavy atom. The fourth-order valence-electron chi connectivity index (χ4n) is 4.07. The van der Waals surface area contributed by atoms with Crippen LogP contribution in [0.25, 0.3) is 6.08 Å². The van der Waals surface area contributed by atoms with Gasteiger partial charge in [0, 0.05) is 24.2 Å². The fraction of sp³-hybridized carbons (Fsp3) is 0.476. The molecule has 0 bridgehead atoms. The highest BCUT2D eigenvalue weighted by molar-refractivity contribution is 7.92. The standard InChI is InChI=1S/C21H29N5O5S/c1-13-11-15(26-19(29)24-18(28)20(26,3)4)12-14(2)16(13)5-10-32(30,31)25-8-6-21(23,7-9-25)17(22)27/h5,10-12H,6-9,23H2,1-4H3,(H2,22,27)(H,24,28,29)/b10-5+. The van der Waals surface area contributed by atoms with E-state index in [1.807, 2.05) is 13.8 Å². The summed E-state index contributed by atoms with van der Waals surface area (Å²) in [7, 11) is -3.73. The molecule has 0 spiro atoms. The van der Waals surface area contributed by atoms with E-state index in [4.69, 9.17) is 11.5 Å². The number of piperidine rings is 1. The van der Waals surface area contributed by atoms with Crippen molar-refractivity contribution in [1.82, 2.24) is 9.62 Å². The van der Waals surface area contributed by atoms with E-state index in [0.717, 1.165) is 16.5 Å². The summed E-state index contributed by atoms with van der Waals surface area (Å²) >= 11 is 0. The number of nitrogens with one attached hydrogen (secondary N) is 1. The number of carbonyl (C=O) groups excluding carboxylic acids is 3. The van der Waals surface area contributed by atoms with Crippen LogP contribution in [0.1, 0.15) is 43.4 Å². The van der Waals surface area contributed by atoms with E-state index in [0.29, 0.717) is 11.3 Å². The number of primary amides is 1. The quantitative estimate of drug-likeness (QED) is 0.546. The zero-order valence-electron chi connectivity index (χ0n) is 18.6. The minimum Gasteiger partial charge on any atom is -0.368 e. The Balaban J connectivity index is 1.83. The number of hydrogen-bond acceptors (Lipinski definition) is 6. The summed E-state index contributed by atoms with van der Waals surface area (Å²) in [6.07, 6.45) is 1.84. The number of benzene rings is 1. The lowest BCUT2D eigenvalue weighted by Gasteiger charge is -2.35. The molecule has 0 saturated carbocycles. The van der Waals surface area contributed by atoms with Gasteiger partial charge in [-0.25, -0.2) is 13.2 Å². The first-order chi connectivity index (χ1) is 14.7. The highest BCUT2D eigenvalue weighted by Gasteiger charge is 2.46.